The summed E-state index contributed by atoms with van der Waals surface area (Å²) in [7, 11) is 0. The number of hydrogen-bond acceptors (Lipinski definition) is 6. The fourth-order valence-corrected chi connectivity index (χ4v) is 3.57. The fraction of sp³-hybridized carbons (Fsp3) is 0.0833. The molecule has 0 spiro atoms. The highest BCUT2D eigenvalue weighted by molar-refractivity contribution is 5.83. The molecule has 0 amide bonds. The van der Waals surface area contributed by atoms with Gasteiger partial charge >= 0.3 is 11.3 Å². The zero-order valence-corrected chi connectivity index (χ0v) is 16.3. The molecule has 6 nitrogen and oxygen atoms in total. The van der Waals surface area contributed by atoms with Crippen LogP contribution in [-0.4, -0.2) is 9.97 Å². The number of rotatable bonds is 2. The van der Waals surface area contributed by atoms with Crippen molar-refractivity contribution in [3.05, 3.63) is 92.6 Å². The van der Waals surface area contributed by atoms with E-state index in [-0.39, 0.29) is 11.8 Å². The molecule has 0 unspecified atom stereocenters. The summed E-state index contributed by atoms with van der Waals surface area (Å²) in [5, 5.41) is 0.964. The first-order valence-corrected chi connectivity index (χ1v) is 9.43. The monoisotopic (exact) mass is 396 g/mol. The summed E-state index contributed by atoms with van der Waals surface area (Å²) >= 11 is 0. The van der Waals surface area contributed by atoms with Gasteiger partial charge in [0.05, 0.1) is 21.8 Å². The lowest BCUT2D eigenvalue weighted by Gasteiger charge is -2.05. The Bertz CT molecular complexity index is 1430. The molecule has 0 N–H and O–H groups in total. The molecule has 5 rings (SSSR count). The zero-order valence-electron chi connectivity index (χ0n) is 16.3. The van der Waals surface area contributed by atoms with E-state index < -0.39 is 11.3 Å². The summed E-state index contributed by atoms with van der Waals surface area (Å²) in [6.07, 6.45) is 0. The first kappa shape index (κ1) is 18.0. The molecule has 2 aromatic heterocycles. The molecule has 0 radical (unpaired) electrons. The molecule has 0 fully saturated rings. The number of hydrogen-bond donors (Lipinski definition) is 0. The lowest BCUT2D eigenvalue weighted by Crippen LogP contribution is -2.05. The largest absolute Gasteiger partial charge is 0.403 e. The number of fused-ring (bicyclic) bond motifs is 2. The molecule has 30 heavy (non-hydrogen) atoms. The number of aromatic nitrogens is 2. The summed E-state index contributed by atoms with van der Waals surface area (Å²) in [6.45, 7) is 3.70. The van der Waals surface area contributed by atoms with Crippen molar-refractivity contribution in [1.29, 1.82) is 0 Å². The minimum atomic E-state index is -0.422. The van der Waals surface area contributed by atoms with Gasteiger partial charge in [0, 0.05) is 11.1 Å². The van der Waals surface area contributed by atoms with E-state index in [1.165, 1.54) is 0 Å². The molecule has 146 valence electrons. The molecule has 6 heteroatoms. The van der Waals surface area contributed by atoms with Crippen LogP contribution in [0, 0.1) is 13.8 Å². The van der Waals surface area contributed by atoms with E-state index >= 15 is 0 Å². The van der Waals surface area contributed by atoms with Crippen LogP contribution in [-0.2, 0) is 0 Å². The second kappa shape index (κ2) is 6.77. The van der Waals surface area contributed by atoms with E-state index in [2.05, 4.69) is 9.97 Å². The molecule has 0 aliphatic carbocycles. The second-order valence-electron chi connectivity index (χ2n) is 7.13. The maximum absolute atomic E-state index is 12.4. The summed E-state index contributed by atoms with van der Waals surface area (Å²) in [5.74, 6) is 0.460. The van der Waals surface area contributed by atoms with Crippen molar-refractivity contribution in [1.82, 2.24) is 9.97 Å². The summed E-state index contributed by atoms with van der Waals surface area (Å²) in [4.78, 5) is 33.8. The summed E-state index contributed by atoms with van der Waals surface area (Å²) < 4.78 is 10.9. The van der Waals surface area contributed by atoms with E-state index in [1.54, 1.807) is 36.4 Å². The van der Waals surface area contributed by atoms with Gasteiger partial charge in [-0.1, -0.05) is 24.3 Å². The Morgan fingerprint density at radius 3 is 1.40 bits per heavy atom. The van der Waals surface area contributed by atoms with Crippen molar-refractivity contribution < 1.29 is 8.83 Å². The topological polar surface area (TPSA) is 86.2 Å². The van der Waals surface area contributed by atoms with Crippen molar-refractivity contribution in [2.24, 2.45) is 0 Å². The first-order chi connectivity index (χ1) is 14.5. The van der Waals surface area contributed by atoms with Crippen molar-refractivity contribution in [3.63, 3.8) is 0 Å². The average molecular weight is 396 g/mol. The molecule has 0 aliphatic heterocycles. The third-order valence-electron chi connectivity index (χ3n) is 5.11. The highest BCUT2D eigenvalue weighted by Crippen LogP contribution is 2.25. The third kappa shape index (κ3) is 2.90. The maximum Gasteiger partial charge on any atom is 0.347 e. The summed E-state index contributed by atoms with van der Waals surface area (Å²) in [5.41, 5.74) is 3.25. The zero-order chi connectivity index (χ0) is 20.8. The predicted octanol–water partition coefficient (Wildman–Crippen LogP) is 4.64. The van der Waals surface area contributed by atoms with E-state index in [0.29, 0.717) is 32.9 Å². The van der Waals surface area contributed by atoms with Crippen molar-refractivity contribution in [2.45, 2.75) is 13.8 Å². The lowest BCUT2D eigenvalue weighted by molar-refractivity contribution is 0.516. The molecule has 5 aromatic rings. The Morgan fingerprint density at radius 2 is 1.00 bits per heavy atom. The van der Waals surface area contributed by atoms with Gasteiger partial charge in [-0.3, -0.25) is 0 Å². The standard InChI is InChI=1S/C24H16N2O4/c1-13-5-3-7-17-19(13)23(27)29-21(25-17)15-9-11-16(12-10-15)22-26-18-8-4-6-14(2)20(18)24(28)30-22/h3-12H,1-2H3. The van der Waals surface area contributed by atoms with Gasteiger partial charge in [0.15, 0.2) is 0 Å². The van der Waals surface area contributed by atoms with Gasteiger partial charge in [-0.05, 0) is 61.4 Å². The Balaban J connectivity index is 1.59. The Labute approximate surface area is 170 Å². The molecule has 0 saturated carbocycles. The van der Waals surface area contributed by atoms with E-state index in [9.17, 15) is 9.59 Å². The first-order valence-electron chi connectivity index (χ1n) is 9.43. The molecule has 0 saturated heterocycles. The van der Waals surface area contributed by atoms with Crippen LogP contribution in [0.3, 0.4) is 0 Å². The van der Waals surface area contributed by atoms with Gasteiger partial charge in [-0.25, -0.2) is 19.6 Å². The van der Waals surface area contributed by atoms with Crippen LogP contribution in [0.4, 0.5) is 0 Å². The second-order valence-corrected chi connectivity index (χ2v) is 7.13. The SMILES string of the molecule is Cc1cccc2nc(-c3ccc(-c4nc5cccc(C)c5c(=O)o4)cc3)oc(=O)c12. The number of aryl methyl sites for hydroxylation is 2. The van der Waals surface area contributed by atoms with Crippen LogP contribution in [0.5, 0.6) is 0 Å². The van der Waals surface area contributed by atoms with Crippen LogP contribution in [0.25, 0.3) is 44.7 Å². The highest BCUT2D eigenvalue weighted by atomic mass is 16.4. The molecule has 0 aliphatic rings. The molecule has 2 heterocycles. The minimum absolute atomic E-state index is 0.230. The van der Waals surface area contributed by atoms with Gasteiger partial charge in [-0.15, -0.1) is 0 Å². The molecule has 3 aromatic carbocycles. The highest BCUT2D eigenvalue weighted by Gasteiger charge is 2.13. The van der Waals surface area contributed by atoms with E-state index in [4.69, 9.17) is 8.83 Å². The van der Waals surface area contributed by atoms with E-state index in [0.717, 1.165) is 11.1 Å². The Kier molecular flexibility index (Phi) is 4.06. The Morgan fingerprint density at radius 1 is 0.600 bits per heavy atom. The molecular weight excluding hydrogens is 380 g/mol. The van der Waals surface area contributed by atoms with Crippen LogP contribution in [0.15, 0.2) is 79.1 Å². The van der Waals surface area contributed by atoms with Gasteiger partial charge in [0.2, 0.25) is 11.8 Å². The van der Waals surface area contributed by atoms with E-state index in [1.807, 2.05) is 38.1 Å². The quantitative estimate of drug-likeness (QED) is 0.432. The van der Waals surface area contributed by atoms with Crippen LogP contribution >= 0.6 is 0 Å². The third-order valence-corrected chi connectivity index (χ3v) is 5.11. The average Bonchev–Trinajstić information content (AvgIpc) is 2.73. The fourth-order valence-electron chi connectivity index (χ4n) is 3.57. The van der Waals surface area contributed by atoms with Gasteiger partial charge < -0.3 is 8.83 Å². The van der Waals surface area contributed by atoms with Crippen LogP contribution in [0.2, 0.25) is 0 Å². The summed E-state index contributed by atoms with van der Waals surface area (Å²) in [6, 6.07) is 18.0. The lowest BCUT2D eigenvalue weighted by atomic mass is 10.1. The number of benzene rings is 3. The van der Waals surface area contributed by atoms with Gasteiger partial charge in [0.25, 0.3) is 0 Å². The molecular formula is C24H16N2O4. The maximum atomic E-state index is 12.4. The smallest absolute Gasteiger partial charge is 0.347 e. The van der Waals surface area contributed by atoms with Gasteiger partial charge in [0.1, 0.15) is 0 Å². The van der Waals surface area contributed by atoms with Crippen molar-refractivity contribution in [2.75, 3.05) is 0 Å². The van der Waals surface area contributed by atoms with Crippen LogP contribution in [0.1, 0.15) is 11.1 Å². The van der Waals surface area contributed by atoms with Crippen LogP contribution < -0.4 is 11.3 Å². The predicted molar refractivity (Wildman–Crippen MR) is 114 cm³/mol. The normalized spacial score (nSPS) is 11.3. The molecule has 0 bridgehead atoms. The van der Waals surface area contributed by atoms with Crippen molar-refractivity contribution >= 4 is 21.8 Å². The Hall–Kier alpha value is -4.06. The minimum Gasteiger partial charge on any atom is -0.403 e. The van der Waals surface area contributed by atoms with Gasteiger partial charge in [-0.2, -0.15) is 0 Å². The number of nitrogens with zero attached hydrogens (tertiary/aromatic N) is 2. The molecule has 0 atom stereocenters. The van der Waals surface area contributed by atoms with Crippen molar-refractivity contribution in [3.8, 4) is 22.9 Å².